The number of hydrogen-bond donors (Lipinski definition) is 3. The highest BCUT2D eigenvalue weighted by atomic mass is 79.9. The molecule has 0 unspecified atom stereocenters. The molecule has 5 nitrogen and oxygen atoms in total. The van der Waals surface area contributed by atoms with Gasteiger partial charge < -0.3 is 10.7 Å². The lowest BCUT2D eigenvalue weighted by atomic mass is 10.2. The van der Waals surface area contributed by atoms with Crippen LogP contribution in [0.4, 0.5) is 17.3 Å². The van der Waals surface area contributed by atoms with E-state index < -0.39 is 0 Å². The fourth-order valence-corrected chi connectivity index (χ4v) is 2.17. The smallest absolute Gasteiger partial charge is 0.145 e. The molecular formula is C14H18BrN5. The van der Waals surface area contributed by atoms with Gasteiger partial charge in [0.05, 0.1) is 0 Å². The minimum atomic E-state index is 0.608. The van der Waals surface area contributed by atoms with Crippen molar-refractivity contribution in [3.63, 3.8) is 0 Å². The normalized spacial score (nSPS) is 10.4. The van der Waals surface area contributed by atoms with E-state index in [-0.39, 0.29) is 0 Å². The highest BCUT2D eigenvalue weighted by molar-refractivity contribution is 9.10. The number of anilines is 3. The van der Waals surface area contributed by atoms with Gasteiger partial charge >= 0.3 is 0 Å². The number of halogens is 1. The maximum absolute atomic E-state index is 5.45. The standard InChI is InChI=1S/C14H18BrN5/c1-3-4-12-18-13(8-14(19-12)20-16)17-10-6-5-9(2)11(15)7-10/h5-8H,3-4,16H2,1-2H3,(H2,17,18,19,20). The number of hydrogen-bond acceptors (Lipinski definition) is 5. The van der Waals surface area contributed by atoms with E-state index in [0.29, 0.717) is 5.82 Å². The maximum atomic E-state index is 5.45. The first-order chi connectivity index (χ1) is 9.62. The number of benzene rings is 1. The summed E-state index contributed by atoms with van der Waals surface area (Å²) in [5.74, 6) is 7.56. The zero-order chi connectivity index (χ0) is 14.5. The second-order valence-corrected chi connectivity index (χ2v) is 5.39. The first kappa shape index (κ1) is 14.7. The summed E-state index contributed by atoms with van der Waals surface area (Å²) in [6.45, 7) is 4.14. The van der Waals surface area contributed by atoms with E-state index in [1.807, 2.05) is 25.1 Å². The predicted octanol–water partition coefficient (Wildman–Crippen LogP) is 3.53. The molecule has 0 spiro atoms. The van der Waals surface area contributed by atoms with E-state index in [0.717, 1.165) is 34.6 Å². The summed E-state index contributed by atoms with van der Waals surface area (Å²) in [6, 6.07) is 7.86. The van der Waals surface area contributed by atoms with Crippen LogP contribution < -0.4 is 16.6 Å². The summed E-state index contributed by atoms with van der Waals surface area (Å²) in [6.07, 6.45) is 1.81. The average molecular weight is 336 g/mol. The van der Waals surface area contributed by atoms with Crippen molar-refractivity contribution >= 4 is 33.3 Å². The van der Waals surface area contributed by atoms with Gasteiger partial charge in [-0.05, 0) is 31.0 Å². The highest BCUT2D eigenvalue weighted by Crippen LogP contribution is 2.23. The van der Waals surface area contributed by atoms with Crippen molar-refractivity contribution in [2.24, 2.45) is 5.84 Å². The van der Waals surface area contributed by atoms with Gasteiger partial charge in [-0.25, -0.2) is 15.8 Å². The van der Waals surface area contributed by atoms with Gasteiger partial charge in [0.1, 0.15) is 17.5 Å². The fourth-order valence-electron chi connectivity index (χ4n) is 1.79. The second-order valence-electron chi connectivity index (χ2n) is 4.54. The van der Waals surface area contributed by atoms with Crippen LogP contribution in [0.15, 0.2) is 28.7 Å². The van der Waals surface area contributed by atoms with E-state index in [1.54, 1.807) is 6.07 Å². The molecule has 4 N–H and O–H groups in total. The van der Waals surface area contributed by atoms with E-state index >= 15 is 0 Å². The summed E-state index contributed by atoms with van der Waals surface area (Å²) in [5.41, 5.74) is 4.73. The number of hydrazine groups is 1. The van der Waals surface area contributed by atoms with Crippen LogP contribution in [0, 0.1) is 6.92 Å². The SMILES string of the molecule is CCCc1nc(NN)cc(Nc2ccc(C)c(Br)c2)n1. The number of aryl methyl sites for hydroxylation is 2. The molecule has 0 aliphatic rings. The summed E-state index contributed by atoms with van der Waals surface area (Å²) >= 11 is 3.52. The molecule has 6 heteroatoms. The van der Waals surface area contributed by atoms with Crippen molar-refractivity contribution in [3.05, 3.63) is 40.1 Å². The van der Waals surface area contributed by atoms with Crippen molar-refractivity contribution in [3.8, 4) is 0 Å². The lowest BCUT2D eigenvalue weighted by Gasteiger charge is -2.10. The summed E-state index contributed by atoms with van der Waals surface area (Å²) in [4.78, 5) is 8.80. The van der Waals surface area contributed by atoms with Crippen LogP contribution >= 0.6 is 15.9 Å². The van der Waals surface area contributed by atoms with Gasteiger partial charge in [-0.2, -0.15) is 0 Å². The Hall–Kier alpha value is -1.66. The minimum absolute atomic E-state index is 0.608. The number of aromatic nitrogens is 2. The number of nitrogens with zero attached hydrogens (tertiary/aromatic N) is 2. The first-order valence-corrected chi connectivity index (χ1v) is 7.29. The van der Waals surface area contributed by atoms with Gasteiger partial charge in [0.2, 0.25) is 0 Å². The molecule has 0 atom stereocenters. The van der Waals surface area contributed by atoms with Crippen LogP contribution in [0.5, 0.6) is 0 Å². The maximum Gasteiger partial charge on any atom is 0.145 e. The monoisotopic (exact) mass is 335 g/mol. The Kier molecular flexibility index (Phi) is 4.92. The molecular weight excluding hydrogens is 318 g/mol. The minimum Gasteiger partial charge on any atom is -0.340 e. The van der Waals surface area contributed by atoms with Gasteiger partial charge in [0, 0.05) is 22.6 Å². The van der Waals surface area contributed by atoms with Crippen LogP contribution in [0.1, 0.15) is 24.7 Å². The Labute approximate surface area is 127 Å². The number of nitrogens with one attached hydrogen (secondary N) is 2. The highest BCUT2D eigenvalue weighted by Gasteiger charge is 2.05. The van der Waals surface area contributed by atoms with Crippen LogP contribution in [-0.4, -0.2) is 9.97 Å². The van der Waals surface area contributed by atoms with Gasteiger partial charge in [-0.15, -0.1) is 0 Å². The predicted molar refractivity (Wildman–Crippen MR) is 86.0 cm³/mol. The van der Waals surface area contributed by atoms with Gasteiger partial charge in [-0.3, -0.25) is 0 Å². The molecule has 0 saturated heterocycles. The molecule has 0 bridgehead atoms. The largest absolute Gasteiger partial charge is 0.340 e. The van der Waals surface area contributed by atoms with E-state index in [4.69, 9.17) is 5.84 Å². The summed E-state index contributed by atoms with van der Waals surface area (Å²) in [5, 5.41) is 3.27. The molecule has 2 aromatic rings. The third-order valence-corrected chi connectivity index (χ3v) is 3.69. The average Bonchev–Trinajstić information content (AvgIpc) is 2.43. The number of nitrogens with two attached hydrogens (primary N) is 1. The summed E-state index contributed by atoms with van der Waals surface area (Å²) in [7, 11) is 0. The van der Waals surface area contributed by atoms with Crippen molar-refractivity contribution in [1.29, 1.82) is 0 Å². The lowest BCUT2D eigenvalue weighted by Crippen LogP contribution is -2.11. The third-order valence-electron chi connectivity index (χ3n) is 2.84. The molecule has 106 valence electrons. The Balaban J connectivity index is 2.27. The zero-order valence-corrected chi connectivity index (χ0v) is 13.2. The Morgan fingerprint density at radius 3 is 2.60 bits per heavy atom. The molecule has 0 aliphatic heterocycles. The van der Waals surface area contributed by atoms with Crippen LogP contribution in [-0.2, 0) is 6.42 Å². The Morgan fingerprint density at radius 2 is 1.95 bits per heavy atom. The Morgan fingerprint density at radius 1 is 1.20 bits per heavy atom. The summed E-state index contributed by atoms with van der Waals surface area (Å²) < 4.78 is 1.06. The van der Waals surface area contributed by atoms with Crippen LogP contribution in [0.25, 0.3) is 0 Å². The lowest BCUT2D eigenvalue weighted by molar-refractivity contribution is 0.837. The van der Waals surface area contributed by atoms with Gasteiger partial charge in [0.25, 0.3) is 0 Å². The van der Waals surface area contributed by atoms with Crippen LogP contribution in [0.3, 0.4) is 0 Å². The molecule has 2 rings (SSSR count). The molecule has 0 fully saturated rings. The fraction of sp³-hybridized carbons (Fsp3) is 0.286. The number of nitrogen functional groups attached to an aromatic ring is 1. The van der Waals surface area contributed by atoms with Crippen molar-refractivity contribution < 1.29 is 0 Å². The van der Waals surface area contributed by atoms with Crippen molar-refractivity contribution in [1.82, 2.24) is 9.97 Å². The molecule has 0 saturated carbocycles. The quantitative estimate of drug-likeness (QED) is 0.575. The van der Waals surface area contributed by atoms with Gasteiger partial charge in [-0.1, -0.05) is 28.9 Å². The molecule has 1 heterocycles. The first-order valence-electron chi connectivity index (χ1n) is 6.50. The van der Waals surface area contributed by atoms with E-state index in [9.17, 15) is 0 Å². The second kappa shape index (κ2) is 6.67. The Bertz CT molecular complexity index is 600. The van der Waals surface area contributed by atoms with E-state index in [2.05, 4.69) is 43.6 Å². The molecule has 1 aromatic carbocycles. The molecule has 0 amide bonds. The zero-order valence-electron chi connectivity index (χ0n) is 11.6. The topological polar surface area (TPSA) is 75.9 Å². The molecule has 0 aliphatic carbocycles. The van der Waals surface area contributed by atoms with Crippen molar-refractivity contribution in [2.45, 2.75) is 26.7 Å². The molecule has 1 aromatic heterocycles. The van der Waals surface area contributed by atoms with Crippen LogP contribution in [0.2, 0.25) is 0 Å². The van der Waals surface area contributed by atoms with E-state index in [1.165, 1.54) is 5.56 Å². The van der Waals surface area contributed by atoms with Gasteiger partial charge in [0.15, 0.2) is 0 Å². The molecule has 0 radical (unpaired) electrons. The van der Waals surface area contributed by atoms with Crippen molar-refractivity contribution in [2.75, 3.05) is 10.7 Å². The molecule has 20 heavy (non-hydrogen) atoms. The number of rotatable bonds is 5. The third kappa shape index (κ3) is 3.68.